The van der Waals surface area contributed by atoms with E-state index >= 15 is 0 Å². The van der Waals surface area contributed by atoms with Crippen LogP contribution in [0.2, 0.25) is 0 Å². The summed E-state index contributed by atoms with van der Waals surface area (Å²) < 4.78 is 0. The number of hydrogen-bond donors (Lipinski definition) is 0. The zero-order valence-corrected chi connectivity index (χ0v) is 7.75. The van der Waals surface area contributed by atoms with Crippen LogP contribution in [0.4, 0.5) is 0 Å². The fourth-order valence-electron chi connectivity index (χ4n) is 0.650. The van der Waals surface area contributed by atoms with Gasteiger partial charge in [-0.15, -0.1) is 0 Å². The molecule has 0 fully saturated rings. The molecular weight excluding hydrogens is 144 g/mol. The highest BCUT2D eigenvalue weighted by molar-refractivity contribution is 7.99. The van der Waals surface area contributed by atoms with Gasteiger partial charge in [0.1, 0.15) is 0 Å². The molecule has 2 heteroatoms. The largest absolute Gasteiger partial charge is 0.236 e. The Hall–Kier alpha value is 0.310. The van der Waals surface area contributed by atoms with E-state index in [9.17, 15) is 5.11 Å². The summed E-state index contributed by atoms with van der Waals surface area (Å²) in [6, 6.07) is 0. The van der Waals surface area contributed by atoms with Crippen molar-refractivity contribution in [1.29, 1.82) is 0 Å². The Morgan fingerprint density at radius 2 is 2.10 bits per heavy atom. The molecule has 0 aromatic heterocycles. The van der Waals surface area contributed by atoms with E-state index < -0.39 is 0 Å². The maximum absolute atomic E-state index is 10.0. The molecule has 1 radical (unpaired) electrons. The SMILES string of the molecule is CCC(C)CCSCC[O]. The van der Waals surface area contributed by atoms with E-state index in [1.54, 1.807) is 11.8 Å². The predicted molar refractivity (Wildman–Crippen MR) is 47.0 cm³/mol. The Morgan fingerprint density at radius 3 is 2.60 bits per heavy atom. The van der Waals surface area contributed by atoms with Gasteiger partial charge >= 0.3 is 0 Å². The second-order valence-corrected chi connectivity index (χ2v) is 3.84. The molecule has 0 bridgehead atoms. The van der Waals surface area contributed by atoms with E-state index in [2.05, 4.69) is 13.8 Å². The monoisotopic (exact) mass is 161 g/mol. The lowest BCUT2D eigenvalue weighted by molar-refractivity contribution is 0.215. The quantitative estimate of drug-likeness (QED) is 0.548. The third-order valence-electron chi connectivity index (χ3n) is 1.68. The lowest BCUT2D eigenvalue weighted by atomic mass is 10.1. The standard InChI is InChI=1S/C8H17OS/c1-3-8(2)4-6-10-7-5-9/h8H,3-7H2,1-2H3. The van der Waals surface area contributed by atoms with Crippen LogP contribution in [0.15, 0.2) is 0 Å². The minimum absolute atomic E-state index is 0.0746. The molecular formula is C8H17OS. The summed E-state index contributed by atoms with van der Waals surface area (Å²) in [4.78, 5) is 0. The van der Waals surface area contributed by atoms with Crippen molar-refractivity contribution >= 4 is 11.8 Å². The van der Waals surface area contributed by atoms with Crippen LogP contribution >= 0.6 is 11.8 Å². The van der Waals surface area contributed by atoms with Crippen LogP contribution in [0.1, 0.15) is 26.7 Å². The van der Waals surface area contributed by atoms with Gasteiger partial charge in [-0.2, -0.15) is 11.8 Å². The molecule has 0 aromatic carbocycles. The van der Waals surface area contributed by atoms with Crippen molar-refractivity contribution in [2.24, 2.45) is 5.92 Å². The molecule has 0 N–H and O–H groups in total. The second kappa shape index (κ2) is 7.42. The zero-order valence-electron chi connectivity index (χ0n) is 6.93. The van der Waals surface area contributed by atoms with Gasteiger partial charge in [0.05, 0.1) is 6.61 Å². The molecule has 1 nitrogen and oxygen atoms in total. The molecule has 0 spiro atoms. The van der Waals surface area contributed by atoms with Crippen molar-refractivity contribution in [2.45, 2.75) is 26.7 Å². The number of rotatable bonds is 6. The van der Waals surface area contributed by atoms with Crippen LogP contribution in [-0.2, 0) is 5.11 Å². The summed E-state index contributed by atoms with van der Waals surface area (Å²) in [6.45, 7) is 4.55. The molecule has 10 heavy (non-hydrogen) atoms. The van der Waals surface area contributed by atoms with Crippen molar-refractivity contribution in [2.75, 3.05) is 18.1 Å². The Labute approximate surface area is 68.2 Å². The van der Waals surface area contributed by atoms with Gasteiger partial charge in [0, 0.05) is 5.75 Å². The summed E-state index contributed by atoms with van der Waals surface area (Å²) in [5, 5.41) is 10.0. The molecule has 0 rings (SSSR count). The van der Waals surface area contributed by atoms with Crippen molar-refractivity contribution in [3.05, 3.63) is 0 Å². The van der Waals surface area contributed by atoms with Crippen molar-refractivity contribution < 1.29 is 5.11 Å². The Bertz CT molecular complexity index is 66.3. The maximum atomic E-state index is 10.0. The van der Waals surface area contributed by atoms with Gasteiger partial charge in [0.2, 0.25) is 0 Å². The average Bonchev–Trinajstić information content (AvgIpc) is 1.98. The van der Waals surface area contributed by atoms with E-state index in [4.69, 9.17) is 0 Å². The van der Waals surface area contributed by atoms with Crippen molar-refractivity contribution in [3.8, 4) is 0 Å². The van der Waals surface area contributed by atoms with Crippen molar-refractivity contribution in [3.63, 3.8) is 0 Å². The van der Waals surface area contributed by atoms with Crippen LogP contribution in [0.3, 0.4) is 0 Å². The Morgan fingerprint density at radius 1 is 1.40 bits per heavy atom. The number of hydrogen-bond acceptors (Lipinski definition) is 1. The molecule has 0 amide bonds. The molecule has 0 aliphatic heterocycles. The molecule has 0 heterocycles. The van der Waals surface area contributed by atoms with Gasteiger partial charge in [-0.3, -0.25) is 0 Å². The third-order valence-corrected chi connectivity index (χ3v) is 2.66. The minimum Gasteiger partial charge on any atom is -0.236 e. The Balaban J connectivity index is 2.89. The molecule has 1 unspecified atom stereocenters. The topological polar surface area (TPSA) is 19.9 Å². The average molecular weight is 161 g/mol. The highest BCUT2D eigenvalue weighted by Crippen LogP contribution is 2.11. The Kier molecular flexibility index (Phi) is 7.65. The smallest absolute Gasteiger partial charge is 0.0912 e. The van der Waals surface area contributed by atoms with Gasteiger partial charge in [-0.1, -0.05) is 20.3 Å². The highest BCUT2D eigenvalue weighted by Gasteiger charge is 1.97. The van der Waals surface area contributed by atoms with Gasteiger partial charge in [0.25, 0.3) is 0 Å². The van der Waals surface area contributed by atoms with Gasteiger partial charge in [0.15, 0.2) is 0 Å². The van der Waals surface area contributed by atoms with Crippen LogP contribution in [-0.4, -0.2) is 18.1 Å². The lowest BCUT2D eigenvalue weighted by Crippen LogP contribution is -1.95. The minimum atomic E-state index is 0.0746. The molecule has 61 valence electrons. The van der Waals surface area contributed by atoms with E-state index in [0.717, 1.165) is 17.4 Å². The van der Waals surface area contributed by atoms with Gasteiger partial charge in [-0.05, 0) is 18.1 Å². The first kappa shape index (κ1) is 10.3. The molecule has 0 aliphatic carbocycles. The number of thioether (sulfide) groups is 1. The zero-order chi connectivity index (χ0) is 7.82. The molecule has 0 saturated carbocycles. The fourth-order valence-corrected chi connectivity index (χ4v) is 1.54. The predicted octanol–water partition coefficient (Wildman–Crippen LogP) is 2.59. The molecule has 0 aliphatic rings. The second-order valence-electron chi connectivity index (χ2n) is 2.62. The van der Waals surface area contributed by atoms with Crippen molar-refractivity contribution in [1.82, 2.24) is 0 Å². The van der Waals surface area contributed by atoms with Gasteiger partial charge in [-0.25, -0.2) is 5.11 Å². The molecule has 1 atom stereocenters. The maximum Gasteiger partial charge on any atom is 0.0912 e. The van der Waals surface area contributed by atoms with Crippen LogP contribution in [0, 0.1) is 5.92 Å². The summed E-state index contributed by atoms with van der Waals surface area (Å²) in [5.41, 5.74) is 0. The lowest BCUT2D eigenvalue weighted by Gasteiger charge is -2.05. The van der Waals surface area contributed by atoms with Crippen LogP contribution in [0.25, 0.3) is 0 Å². The van der Waals surface area contributed by atoms with Crippen LogP contribution < -0.4 is 0 Å². The summed E-state index contributed by atoms with van der Waals surface area (Å²) >= 11 is 1.78. The van der Waals surface area contributed by atoms with E-state index in [1.807, 2.05) is 0 Å². The van der Waals surface area contributed by atoms with Gasteiger partial charge < -0.3 is 0 Å². The summed E-state index contributed by atoms with van der Waals surface area (Å²) in [7, 11) is 0. The normalized spacial score (nSPS) is 13.5. The highest BCUT2D eigenvalue weighted by atomic mass is 32.2. The van der Waals surface area contributed by atoms with E-state index in [1.165, 1.54) is 12.8 Å². The van der Waals surface area contributed by atoms with Crippen LogP contribution in [0.5, 0.6) is 0 Å². The molecule has 0 saturated heterocycles. The first-order chi connectivity index (χ1) is 4.81. The first-order valence-electron chi connectivity index (χ1n) is 3.97. The van der Waals surface area contributed by atoms with E-state index in [0.29, 0.717) is 0 Å². The van der Waals surface area contributed by atoms with E-state index in [-0.39, 0.29) is 6.61 Å². The fraction of sp³-hybridized carbons (Fsp3) is 1.00. The first-order valence-corrected chi connectivity index (χ1v) is 5.12. The third kappa shape index (κ3) is 6.43. The summed E-state index contributed by atoms with van der Waals surface area (Å²) in [6.07, 6.45) is 2.53. The molecule has 0 aromatic rings. The summed E-state index contributed by atoms with van der Waals surface area (Å²) in [5.74, 6) is 2.78.